The van der Waals surface area contributed by atoms with Gasteiger partial charge in [-0.2, -0.15) is 0 Å². The first-order chi connectivity index (χ1) is 10.6. The van der Waals surface area contributed by atoms with Crippen LogP contribution in [0.1, 0.15) is 44.7 Å². The number of hydrogen-bond acceptors (Lipinski definition) is 2. The van der Waals surface area contributed by atoms with Gasteiger partial charge in [-0.15, -0.1) is 0 Å². The van der Waals surface area contributed by atoms with Crippen molar-refractivity contribution in [3.63, 3.8) is 0 Å². The molecular formula is C18H25FN2O. The summed E-state index contributed by atoms with van der Waals surface area (Å²) in [6, 6.07) is 7.15. The standard InChI is InChI=1S/C18H25FN2O/c1-12-7-9-21(17(12)14-4-3-5-16(19)11-14)18(22)15-6-8-20-13(2)10-15/h3-5,11-13,15,17,20H,6-10H2,1-2H3/t12?,13-,15-,17?/m0/s1. The summed E-state index contributed by atoms with van der Waals surface area (Å²) in [7, 11) is 0. The monoisotopic (exact) mass is 304 g/mol. The Morgan fingerprint density at radius 2 is 2.14 bits per heavy atom. The van der Waals surface area contributed by atoms with E-state index < -0.39 is 0 Å². The van der Waals surface area contributed by atoms with Crippen LogP contribution in [0.15, 0.2) is 24.3 Å². The average Bonchev–Trinajstić information content (AvgIpc) is 2.88. The van der Waals surface area contributed by atoms with Gasteiger partial charge in [-0.25, -0.2) is 4.39 Å². The molecule has 22 heavy (non-hydrogen) atoms. The zero-order chi connectivity index (χ0) is 15.7. The summed E-state index contributed by atoms with van der Waals surface area (Å²) in [6.07, 6.45) is 2.80. The largest absolute Gasteiger partial charge is 0.335 e. The maximum atomic E-state index is 13.6. The molecule has 0 radical (unpaired) electrons. The molecule has 1 N–H and O–H groups in total. The summed E-state index contributed by atoms with van der Waals surface area (Å²) in [5, 5.41) is 3.40. The molecule has 0 aromatic heterocycles. The van der Waals surface area contributed by atoms with Crippen molar-refractivity contribution >= 4 is 5.91 Å². The van der Waals surface area contributed by atoms with Crippen molar-refractivity contribution < 1.29 is 9.18 Å². The van der Waals surface area contributed by atoms with Crippen LogP contribution in [0.3, 0.4) is 0 Å². The fraction of sp³-hybridized carbons (Fsp3) is 0.611. The quantitative estimate of drug-likeness (QED) is 0.910. The van der Waals surface area contributed by atoms with Gasteiger partial charge in [0.15, 0.2) is 0 Å². The molecule has 4 heteroatoms. The number of likely N-dealkylation sites (tertiary alicyclic amines) is 1. The summed E-state index contributed by atoms with van der Waals surface area (Å²) in [6.45, 7) is 6.00. The van der Waals surface area contributed by atoms with Gasteiger partial charge in [0.05, 0.1) is 6.04 Å². The van der Waals surface area contributed by atoms with E-state index in [0.717, 1.165) is 37.9 Å². The Morgan fingerprint density at radius 3 is 2.86 bits per heavy atom. The number of hydrogen-bond donors (Lipinski definition) is 1. The van der Waals surface area contributed by atoms with Gasteiger partial charge in [-0.05, 0) is 56.3 Å². The van der Waals surface area contributed by atoms with E-state index in [9.17, 15) is 9.18 Å². The molecule has 2 fully saturated rings. The van der Waals surface area contributed by atoms with Crippen LogP contribution in [0.25, 0.3) is 0 Å². The van der Waals surface area contributed by atoms with Gasteiger partial charge in [0.1, 0.15) is 5.82 Å². The maximum absolute atomic E-state index is 13.6. The number of halogens is 1. The van der Waals surface area contributed by atoms with Crippen LogP contribution in [-0.2, 0) is 4.79 Å². The highest BCUT2D eigenvalue weighted by molar-refractivity contribution is 5.80. The first-order valence-corrected chi connectivity index (χ1v) is 8.35. The van der Waals surface area contributed by atoms with Crippen molar-refractivity contribution in [1.29, 1.82) is 0 Å². The lowest BCUT2D eigenvalue weighted by atomic mass is 9.90. The molecule has 3 nitrogen and oxygen atoms in total. The first kappa shape index (κ1) is 15.5. The van der Waals surface area contributed by atoms with Gasteiger partial charge in [0, 0.05) is 18.5 Å². The minimum atomic E-state index is -0.223. The van der Waals surface area contributed by atoms with Gasteiger partial charge < -0.3 is 10.2 Å². The molecule has 3 rings (SSSR count). The summed E-state index contributed by atoms with van der Waals surface area (Å²) in [5.41, 5.74) is 0.931. The van der Waals surface area contributed by atoms with Crippen LogP contribution in [0.4, 0.5) is 4.39 Å². The normalized spacial score (nSPS) is 32.2. The predicted octanol–water partition coefficient (Wildman–Crippen LogP) is 3.12. The second kappa shape index (κ2) is 6.37. The van der Waals surface area contributed by atoms with Gasteiger partial charge in [0.2, 0.25) is 5.91 Å². The van der Waals surface area contributed by atoms with Crippen LogP contribution >= 0.6 is 0 Å². The number of rotatable bonds is 2. The molecule has 4 atom stereocenters. The van der Waals surface area contributed by atoms with Crippen LogP contribution < -0.4 is 5.32 Å². The highest BCUT2D eigenvalue weighted by Gasteiger charge is 2.39. The number of nitrogens with one attached hydrogen (secondary N) is 1. The Bertz CT molecular complexity index is 548. The Hall–Kier alpha value is -1.42. The minimum Gasteiger partial charge on any atom is -0.335 e. The molecule has 1 aromatic rings. The number of carbonyl (C=O) groups is 1. The number of carbonyl (C=O) groups excluding carboxylic acids is 1. The molecule has 2 unspecified atom stereocenters. The minimum absolute atomic E-state index is 0.0217. The predicted molar refractivity (Wildman–Crippen MR) is 84.8 cm³/mol. The number of nitrogens with zero attached hydrogens (tertiary/aromatic N) is 1. The molecular weight excluding hydrogens is 279 g/mol. The number of piperidine rings is 1. The molecule has 2 aliphatic heterocycles. The summed E-state index contributed by atoms with van der Waals surface area (Å²) < 4.78 is 13.6. The molecule has 1 aromatic carbocycles. The maximum Gasteiger partial charge on any atom is 0.226 e. The van der Waals surface area contributed by atoms with Crippen LogP contribution in [0, 0.1) is 17.7 Å². The third kappa shape index (κ3) is 3.02. The van der Waals surface area contributed by atoms with Gasteiger partial charge >= 0.3 is 0 Å². The van der Waals surface area contributed by atoms with Crippen LogP contribution in [0.2, 0.25) is 0 Å². The molecule has 2 aliphatic rings. The smallest absolute Gasteiger partial charge is 0.226 e. The van der Waals surface area contributed by atoms with E-state index >= 15 is 0 Å². The second-order valence-electron chi connectivity index (χ2n) is 6.87. The molecule has 0 saturated carbocycles. The van der Waals surface area contributed by atoms with Crippen molar-refractivity contribution in [1.82, 2.24) is 10.2 Å². The first-order valence-electron chi connectivity index (χ1n) is 8.35. The molecule has 0 spiro atoms. The molecule has 120 valence electrons. The molecule has 0 aliphatic carbocycles. The third-order valence-corrected chi connectivity index (χ3v) is 5.15. The molecule has 2 heterocycles. The Kier molecular flexibility index (Phi) is 4.48. The van der Waals surface area contributed by atoms with Crippen molar-refractivity contribution in [3.05, 3.63) is 35.6 Å². The molecule has 2 saturated heterocycles. The van der Waals surface area contributed by atoms with Crippen LogP contribution in [-0.4, -0.2) is 29.9 Å². The van der Waals surface area contributed by atoms with Gasteiger partial charge in [0.25, 0.3) is 0 Å². The zero-order valence-corrected chi connectivity index (χ0v) is 13.4. The van der Waals surface area contributed by atoms with E-state index in [4.69, 9.17) is 0 Å². The summed E-state index contributed by atoms with van der Waals surface area (Å²) in [5.74, 6) is 0.522. The van der Waals surface area contributed by atoms with E-state index in [2.05, 4.69) is 19.2 Å². The van der Waals surface area contributed by atoms with E-state index in [0.29, 0.717) is 12.0 Å². The zero-order valence-electron chi connectivity index (χ0n) is 13.4. The Balaban J connectivity index is 1.81. The van der Waals surface area contributed by atoms with Gasteiger partial charge in [-0.1, -0.05) is 19.1 Å². The fourth-order valence-corrected chi connectivity index (χ4v) is 3.98. The topological polar surface area (TPSA) is 32.3 Å². The van der Waals surface area contributed by atoms with Crippen molar-refractivity contribution in [2.24, 2.45) is 11.8 Å². The van der Waals surface area contributed by atoms with Crippen LogP contribution in [0.5, 0.6) is 0 Å². The second-order valence-corrected chi connectivity index (χ2v) is 6.87. The van der Waals surface area contributed by atoms with Gasteiger partial charge in [-0.3, -0.25) is 4.79 Å². The van der Waals surface area contributed by atoms with Crippen molar-refractivity contribution in [2.45, 2.75) is 45.2 Å². The lowest BCUT2D eigenvalue weighted by Crippen LogP contribution is -2.44. The van der Waals surface area contributed by atoms with E-state index in [-0.39, 0.29) is 23.7 Å². The Labute approximate surface area is 131 Å². The highest BCUT2D eigenvalue weighted by atomic mass is 19.1. The SMILES string of the molecule is CC1CCN(C(=O)[C@H]2CCN[C@@H](C)C2)C1c1cccc(F)c1. The lowest BCUT2D eigenvalue weighted by Gasteiger charge is -2.34. The number of benzene rings is 1. The lowest BCUT2D eigenvalue weighted by molar-refractivity contribution is -0.138. The van der Waals surface area contributed by atoms with Crippen molar-refractivity contribution in [2.75, 3.05) is 13.1 Å². The molecule has 1 amide bonds. The summed E-state index contributed by atoms with van der Waals surface area (Å²) in [4.78, 5) is 15.0. The van der Waals surface area contributed by atoms with Crippen molar-refractivity contribution in [3.8, 4) is 0 Å². The Morgan fingerprint density at radius 1 is 1.32 bits per heavy atom. The van der Waals surface area contributed by atoms with E-state index in [1.807, 2.05) is 11.0 Å². The molecule has 0 bridgehead atoms. The average molecular weight is 304 g/mol. The van der Waals surface area contributed by atoms with E-state index in [1.165, 1.54) is 6.07 Å². The third-order valence-electron chi connectivity index (χ3n) is 5.15. The fourth-order valence-electron chi connectivity index (χ4n) is 3.98. The highest BCUT2D eigenvalue weighted by Crippen LogP contribution is 2.38. The summed E-state index contributed by atoms with van der Waals surface area (Å²) >= 11 is 0. The number of amides is 1. The van der Waals surface area contributed by atoms with E-state index in [1.54, 1.807) is 12.1 Å².